The van der Waals surface area contributed by atoms with Gasteiger partial charge in [-0.05, 0) is 36.5 Å². The maximum Gasteiger partial charge on any atom is 0.0270 e. The van der Waals surface area contributed by atoms with Gasteiger partial charge in [0.1, 0.15) is 0 Å². The summed E-state index contributed by atoms with van der Waals surface area (Å²) in [4.78, 5) is 4.00. The molecule has 0 saturated carbocycles. The van der Waals surface area contributed by atoms with Gasteiger partial charge in [-0.15, -0.1) is 0 Å². The molecule has 1 rings (SSSR count). The van der Waals surface area contributed by atoms with E-state index in [4.69, 9.17) is 0 Å². The average molecular weight is 177 g/mol. The number of aromatic nitrogens is 1. The molecule has 0 aliphatic carbocycles. The van der Waals surface area contributed by atoms with Gasteiger partial charge in [0.15, 0.2) is 0 Å². The van der Waals surface area contributed by atoms with Crippen molar-refractivity contribution >= 4 is 0 Å². The van der Waals surface area contributed by atoms with Crippen LogP contribution in [-0.4, -0.2) is 4.98 Å². The Morgan fingerprint density at radius 2 is 1.85 bits per heavy atom. The zero-order chi connectivity index (χ0) is 9.52. The number of unbranched alkanes of at least 4 members (excludes halogenated alkanes) is 1. The fourth-order valence-electron chi connectivity index (χ4n) is 1.43. The quantitative estimate of drug-likeness (QED) is 0.628. The standard InChI is InChI=1S/C12H19N/c1-11(2)5-3-4-6-12-7-9-13-10-8-12/h7-11H,3-6H2,1-2H3. The highest BCUT2D eigenvalue weighted by atomic mass is 14.6. The van der Waals surface area contributed by atoms with Crippen LogP contribution in [0.2, 0.25) is 0 Å². The van der Waals surface area contributed by atoms with E-state index in [1.165, 1.54) is 31.2 Å². The second-order valence-electron chi connectivity index (χ2n) is 4.00. The van der Waals surface area contributed by atoms with Crippen molar-refractivity contribution in [1.82, 2.24) is 4.98 Å². The molecule has 0 saturated heterocycles. The molecule has 0 spiro atoms. The van der Waals surface area contributed by atoms with E-state index in [0.717, 1.165) is 5.92 Å². The van der Waals surface area contributed by atoms with Gasteiger partial charge in [0, 0.05) is 12.4 Å². The van der Waals surface area contributed by atoms with Crippen LogP contribution < -0.4 is 0 Å². The molecule has 72 valence electrons. The van der Waals surface area contributed by atoms with E-state index < -0.39 is 0 Å². The molecule has 0 fully saturated rings. The number of hydrogen-bond donors (Lipinski definition) is 0. The molecule has 1 heterocycles. The Hall–Kier alpha value is -0.850. The zero-order valence-corrected chi connectivity index (χ0v) is 8.66. The summed E-state index contributed by atoms with van der Waals surface area (Å²) in [6.07, 6.45) is 8.96. The van der Waals surface area contributed by atoms with Gasteiger partial charge in [0.25, 0.3) is 0 Å². The van der Waals surface area contributed by atoms with E-state index in [1.807, 2.05) is 12.4 Å². The first-order valence-electron chi connectivity index (χ1n) is 5.18. The molecule has 0 radical (unpaired) electrons. The molecule has 0 aliphatic heterocycles. The number of aryl methyl sites for hydroxylation is 1. The molecular formula is C12H19N. The first kappa shape index (κ1) is 10.2. The molecule has 1 aromatic heterocycles. The van der Waals surface area contributed by atoms with E-state index in [9.17, 15) is 0 Å². The lowest BCUT2D eigenvalue weighted by atomic mass is 10.0. The Morgan fingerprint density at radius 1 is 1.15 bits per heavy atom. The van der Waals surface area contributed by atoms with Crippen LogP contribution in [0.4, 0.5) is 0 Å². The van der Waals surface area contributed by atoms with Crippen LogP contribution in [-0.2, 0) is 6.42 Å². The molecule has 0 unspecified atom stereocenters. The maximum absolute atomic E-state index is 4.00. The van der Waals surface area contributed by atoms with Crippen LogP contribution in [0.1, 0.15) is 38.7 Å². The second-order valence-corrected chi connectivity index (χ2v) is 4.00. The molecule has 0 atom stereocenters. The van der Waals surface area contributed by atoms with E-state index in [2.05, 4.69) is 31.0 Å². The molecule has 0 bridgehead atoms. The smallest absolute Gasteiger partial charge is 0.0270 e. The molecule has 0 N–H and O–H groups in total. The van der Waals surface area contributed by atoms with Crippen LogP contribution in [0.15, 0.2) is 24.5 Å². The molecule has 13 heavy (non-hydrogen) atoms. The van der Waals surface area contributed by atoms with E-state index in [0.29, 0.717) is 0 Å². The van der Waals surface area contributed by atoms with Gasteiger partial charge in [-0.3, -0.25) is 4.98 Å². The summed E-state index contributed by atoms with van der Waals surface area (Å²) in [6.45, 7) is 4.57. The lowest BCUT2D eigenvalue weighted by Gasteiger charge is -2.03. The van der Waals surface area contributed by atoms with Crippen LogP contribution >= 0.6 is 0 Å². The molecule has 1 aromatic rings. The molecule has 1 heteroatoms. The maximum atomic E-state index is 4.00. The van der Waals surface area contributed by atoms with Crippen molar-refractivity contribution in [2.75, 3.05) is 0 Å². The zero-order valence-electron chi connectivity index (χ0n) is 8.66. The first-order valence-corrected chi connectivity index (χ1v) is 5.18. The van der Waals surface area contributed by atoms with Crippen molar-refractivity contribution in [1.29, 1.82) is 0 Å². The largest absolute Gasteiger partial charge is 0.265 e. The number of hydrogen-bond acceptors (Lipinski definition) is 1. The minimum absolute atomic E-state index is 0.845. The topological polar surface area (TPSA) is 12.9 Å². The third kappa shape index (κ3) is 4.66. The highest BCUT2D eigenvalue weighted by Gasteiger charge is 1.95. The Balaban J connectivity index is 2.13. The highest BCUT2D eigenvalue weighted by Crippen LogP contribution is 2.09. The molecule has 1 nitrogen and oxygen atoms in total. The first-order chi connectivity index (χ1) is 6.29. The summed E-state index contributed by atoms with van der Waals surface area (Å²) in [6, 6.07) is 4.21. The van der Waals surface area contributed by atoms with Crippen molar-refractivity contribution in [2.24, 2.45) is 5.92 Å². The summed E-state index contributed by atoms with van der Waals surface area (Å²) >= 11 is 0. The van der Waals surface area contributed by atoms with E-state index in [-0.39, 0.29) is 0 Å². The van der Waals surface area contributed by atoms with Crippen LogP contribution in [0.5, 0.6) is 0 Å². The Morgan fingerprint density at radius 3 is 2.46 bits per heavy atom. The average Bonchev–Trinajstić information content (AvgIpc) is 2.14. The Labute approximate surface area is 81.2 Å². The van der Waals surface area contributed by atoms with Gasteiger partial charge < -0.3 is 0 Å². The fraction of sp³-hybridized carbons (Fsp3) is 0.583. The fourth-order valence-corrected chi connectivity index (χ4v) is 1.43. The van der Waals surface area contributed by atoms with Gasteiger partial charge in [-0.2, -0.15) is 0 Å². The van der Waals surface area contributed by atoms with Crippen molar-refractivity contribution in [3.05, 3.63) is 30.1 Å². The Bertz CT molecular complexity index is 216. The van der Waals surface area contributed by atoms with Crippen molar-refractivity contribution < 1.29 is 0 Å². The molecule has 0 aliphatic rings. The number of pyridine rings is 1. The van der Waals surface area contributed by atoms with Gasteiger partial charge in [0.2, 0.25) is 0 Å². The van der Waals surface area contributed by atoms with Crippen LogP contribution in [0.3, 0.4) is 0 Å². The van der Waals surface area contributed by atoms with Gasteiger partial charge in [-0.25, -0.2) is 0 Å². The minimum atomic E-state index is 0.845. The molecule has 0 amide bonds. The van der Waals surface area contributed by atoms with Crippen LogP contribution in [0, 0.1) is 5.92 Å². The monoisotopic (exact) mass is 177 g/mol. The van der Waals surface area contributed by atoms with Crippen molar-refractivity contribution in [3.63, 3.8) is 0 Å². The van der Waals surface area contributed by atoms with E-state index >= 15 is 0 Å². The number of rotatable bonds is 5. The molecular weight excluding hydrogens is 158 g/mol. The SMILES string of the molecule is CC(C)CCCCc1ccncc1. The lowest BCUT2D eigenvalue weighted by molar-refractivity contribution is 0.538. The molecule has 0 aromatic carbocycles. The predicted molar refractivity (Wildman–Crippen MR) is 56.6 cm³/mol. The van der Waals surface area contributed by atoms with Crippen molar-refractivity contribution in [3.8, 4) is 0 Å². The second kappa shape index (κ2) is 5.74. The van der Waals surface area contributed by atoms with Gasteiger partial charge in [-0.1, -0.05) is 26.7 Å². The van der Waals surface area contributed by atoms with Crippen LogP contribution in [0.25, 0.3) is 0 Å². The third-order valence-electron chi connectivity index (χ3n) is 2.25. The Kier molecular flexibility index (Phi) is 4.52. The van der Waals surface area contributed by atoms with Gasteiger partial charge >= 0.3 is 0 Å². The summed E-state index contributed by atoms with van der Waals surface area (Å²) in [5.41, 5.74) is 1.42. The normalized spacial score (nSPS) is 10.7. The summed E-state index contributed by atoms with van der Waals surface area (Å²) in [5.74, 6) is 0.845. The lowest BCUT2D eigenvalue weighted by Crippen LogP contribution is -1.90. The van der Waals surface area contributed by atoms with Gasteiger partial charge in [0.05, 0.1) is 0 Å². The van der Waals surface area contributed by atoms with Crippen molar-refractivity contribution in [2.45, 2.75) is 39.5 Å². The van der Waals surface area contributed by atoms with E-state index in [1.54, 1.807) is 0 Å². The third-order valence-corrected chi connectivity index (χ3v) is 2.25. The summed E-state index contributed by atoms with van der Waals surface area (Å²) in [7, 11) is 0. The summed E-state index contributed by atoms with van der Waals surface area (Å²) < 4.78 is 0. The number of nitrogens with zero attached hydrogens (tertiary/aromatic N) is 1. The highest BCUT2D eigenvalue weighted by molar-refractivity contribution is 5.09. The minimum Gasteiger partial charge on any atom is -0.265 e. The predicted octanol–water partition coefficient (Wildman–Crippen LogP) is 3.45. The summed E-state index contributed by atoms with van der Waals surface area (Å²) in [5, 5.41) is 0.